The Labute approximate surface area is 128 Å². The smallest absolute Gasteiger partial charge is 0.405 e. The van der Waals surface area contributed by atoms with Gasteiger partial charge < -0.3 is 15.2 Å². The fourth-order valence-corrected chi connectivity index (χ4v) is 2.02. The van der Waals surface area contributed by atoms with Crippen LogP contribution in [0.15, 0.2) is 60.7 Å². The van der Waals surface area contributed by atoms with Crippen LogP contribution in [-0.2, 0) is 14.3 Å². The van der Waals surface area contributed by atoms with Gasteiger partial charge in [0.2, 0.25) is 0 Å². The molecule has 0 aliphatic carbocycles. The van der Waals surface area contributed by atoms with Crippen LogP contribution < -0.4 is 5.73 Å². The number of ether oxygens (including phenoxy) is 2. The molecule has 5 nitrogen and oxygen atoms in total. The molecule has 0 saturated carbocycles. The zero-order valence-electron chi connectivity index (χ0n) is 12.1. The van der Waals surface area contributed by atoms with Crippen LogP contribution in [0.25, 0.3) is 0 Å². The summed E-state index contributed by atoms with van der Waals surface area (Å²) in [5, 5.41) is 0. The Morgan fingerprint density at radius 2 is 1.32 bits per heavy atom. The van der Waals surface area contributed by atoms with Crippen molar-refractivity contribution in [1.29, 1.82) is 0 Å². The topological polar surface area (TPSA) is 78.6 Å². The number of nitrogens with two attached hydrogens (primary N) is 1. The third kappa shape index (κ3) is 4.09. The van der Waals surface area contributed by atoms with Gasteiger partial charge in [0.25, 0.3) is 0 Å². The zero-order valence-corrected chi connectivity index (χ0v) is 12.1. The molecule has 2 rings (SSSR count). The Bertz CT molecular complexity index is 588. The van der Waals surface area contributed by atoms with Crippen molar-refractivity contribution in [2.75, 3.05) is 0 Å². The van der Waals surface area contributed by atoms with Crippen molar-refractivity contribution in [3.05, 3.63) is 71.8 Å². The lowest BCUT2D eigenvalue weighted by Gasteiger charge is -2.20. The Kier molecular flexibility index (Phi) is 5.14. The summed E-state index contributed by atoms with van der Waals surface area (Å²) in [5.74, 6) is -0.656. The van der Waals surface area contributed by atoms with Crippen LogP contribution in [0.3, 0.4) is 0 Å². The van der Waals surface area contributed by atoms with Gasteiger partial charge in [-0.3, -0.25) is 0 Å². The number of esters is 1. The maximum absolute atomic E-state index is 12.1. The van der Waals surface area contributed by atoms with E-state index >= 15 is 0 Å². The van der Waals surface area contributed by atoms with E-state index in [-0.39, 0.29) is 0 Å². The molecule has 5 heteroatoms. The average Bonchev–Trinajstić information content (AvgIpc) is 2.53. The van der Waals surface area contributed by atoms with E-state index in [0.717, 1.165) is 11.1 Å². The lowest BCUT2D eigenvalue weighted by Crippen LogP contribution is -2.30. The first-order chi connectivity index (χ1) is 10.6. The van der Waals surface area contributed by atoms with Gasteiger partial charge >= 0.3 is 12.1 Å². The Morgan fingerprint density at radius 3 is 1.73 bits per heavy atom. The first-order valence-electron chi connectivity index (χ1n) is 6.84. The Morgan fingerprint density at radius 1 is 0.864 bits per heavy atom. The second kappa shape index (κ2) is 7.26. The fourth-order valence-electron chi connectivity index (χ4n) is 2.02. The van der Waals surface area contributed by atoms with Gasteiger partial charge in [0.1, 0.15) is 0 Å². The van der Waals surface area contributed by atoms with E-state index in [1.165, 1.54) is 6.92 Å². The van der Waals surface area contributed by atoms with Gasteiger partial charge in [0.05, 0.1) is 0 Å². The standard InChI is InChI=1S/C17H17NO4/c1-12(21-17(18)20)16(19)22-15(13-8-4-2-5-9-13)14-10-6-3-7-11-14/h2-12,15H,1H3,(H2,18,20). The average molecular weight is 299 g/mol. The first kappa shape index (κ1) is 15.6. The molecule has 0 radical (unpaired) electrons. The van der Waals surface area contributed by atoms with Gasteiger partial charge in [-0.05, 0) is 18.1 Å². The van der Waals surface area contributed by atoms with Gasteiger partial charge in [-0.1, -0.05) is 60.7 Å². The van der Waals surface area contributed by atoms with Crippen molar-refractivity contribution in [1.82, 2.24) is 0 Å². The highest BCUT2D eigenvalue weighted by atomic mass is 16.6. The van der Waals surface area contributed by atoms with Gasteiger partial charge in [-0.2, -0.15) is 0 Å². The largest absolute Gasteiger partial charge is 0.450 e. The van der Waals surface area contributed by atoms with Crippen LogP contribution in [0, 0.1) is 0 Å². The molecule has 1 atom stereocenters. The van der Waals surface area contributed by atoms with Gasteiger partial charge in [0, 0.05) is 0 Å². The summed E-state index contributed by atoms with van der Waals surface area (Å²) >= 11 is 0. The van der Waals surface area contributed by atoms with Crippen LogP contribution in [0.2, 0.25) is 0 Å². The lowest BCUT2D eigenvalue weighted by atomic mass is 10.0. The number of hydrogen-bond donors (Lipinski definition) is 1. The molecule has 2 aromatic rings. The van der Waals surface area contributed by atoms with Crippen LogP contribution in [-0.4, -0.2) is 18.2 Å². The van der Waals surface area contributed by atoms with Crippen molar-refractivity contribution in [3.63, 3.8) is 0 Å². The minimum absolute atomic E-state index is 0.575. The molecule has 0 aliphatic rings. The Balaban J connectivity index is 2.23. The second-order valence-electron chi connectivity index (χ2n) is 4.72. The van der Waals surface area contributed by atoms with E-state index in [2.05, 4.69) is 4.74 Å². The molecule has 0 aliphatic heterocycles. The van der Waals surface area contributed by atoms with Gasteiger partial charge in [-0.15, -0.1) is 0 Å². The number of benzene rings is 2. The molecule has 0 aromatic heterocycles. The van der Waals surface area contributed by atoms with Crippen LogP contribution in [0.1, 0.15) is 24.2 Å². The van der Waals surface area contributed by atoms with Crippen LogP contribution in [0.5, 0.6) is 0 Å². The summed E-state index contributed by atoms with van der Waals surface area (Å²) in [7, 11) is 0. The summed E-state index contributed by atoms with van der Waals surface area (Å²) in [4.78, 5) is 22.8. The molecule has 0 saturated heterocycles. The number of hydrogen-bond acceptors (Lipinski definition) is 4. The normalized spacial score (nSPS) is 11.7. The number of amides is 1. The molecular weight excluding hydrogens is 282 g/mol. The number of primary amides is 1. The Hall–Kier alpha value is -2.82. The summed E-state index contributed by atoms with van der Waals surface area (Å²) in [6.45, 7) is 1.42. The van der Waals surface area contributed by atoms with Crippen molar-refractivity contribution in [2.45, 2.75) is 19.1 Å². The highest BCUT2D eigenvalue weighted by Crippen LogP contribution is 2.26. The molecular formula is C17H17NO4. The van der Waals surface area contributed by atoms with Gasteiger partial charge in [0.15, 0.2) is 12.2 Å². The SMILES string of the molecule is CC(OC(N)=O)C(=O)OC(c1ccccc1)c1ccccc1. The van der Waals surface area contributed by atoms with Crippen molar-refractivity contribution >= 4 is 12.1 Å². The van der Waals surface area contributed by atoms with Gasteiger partial charge in [-0.25, -0.2) is 9.59 Å². The van der Waals surface area contributed by atoms with E-state index in [9.17, 15) is 9.59 Å². The summed E-state index contributed by atoms with van der Waals surface area (Å²) in [6.07, 6.45) is -2.65. The minimum atomic E-state index is -1.06. The zero-order chi connectivity index (χ0) is 15.9. The van der Waals surface area contributed by atoms with E-state index in [4.69, 9.17) is 10.5 Å². The predicted octanol–water partition coefficient (Wildman–Crippen LogP) is 2.80. The third-order valence-corrected chi connectivity index (χ3v) is 3.06. The quantitative estimate of drug-likeness (QED) is 0.861. The summed E-state index contributed by atoms with van der Waals surface area (Å²) in [5.41, 5.74) is 6.57. The molecule has 0 spiro atoms. The van der Waals surface area contributed by atoms with E-state index in [1.54, 1.807) is 0 Å². The maximum atomic E-state index is 12.1. The third-order valence-electron chi connectivity index (χ3n) is 3.06. The van der Waals surface area contributed by atoms with Crippen LogP contribution in [0.4, 0.5) is 4.79 Å². The van der Waals surface area contributed by atoms with Crippen molar-refractivity contribution in [2.24, 2.45) is 5.73 Å². The molecule has 114 valence electrons. The summed E-state index contributed by atoms with van der Waals surface area (Å²) < 4.78 is 10.2. The number of carbonyl (C=O) groups excluding carboxylic acids is 2. The second-order valence-corrected chi connectivity index (χ2v) is 4.72. The molecule has 2 N–H and O–H groups in total. The molecule has 0 bridgehead atoms. The molecule has 2 aromatic carbocycles. The first-order valence-corrected chi connectivity index (χ1v) is 6.84. The van der Waals surface area contributed by atoms with E-state index < -0.39 is 24.3 Å². The van der Waals surface area contributed by atoms with Crippen molar-refractivity contribution in [3.8, 4) is 0 Å². The molecule has 0 fully saturated rings. The summed E-state index contributed by atoms with van der Waals surface area (Å²) in [6, 6.07) is 18.7. The number of rotatable bonds is 5. The highest BCUT2D eigenvalue weighted by molar-refractivity contribution is 5.78. The predicted molar refractivity (Wildman–Crippen MR) is 80.9 cm³/mol. The lowest BCUT2D eigenvalue weighted by molar-refractivity contribution is -0.156. The monoisotopic (exact) mass is 299 g/mol. The van der Waals surface area contributed by atoms with Crippen molar-refractivity contribution < 1.29 is 19.1 Å². The van der Waals surface area contributed by atoms with Crippen LogP contribution >= 0.6 is 0 Å². The highest BCUT2D eigenvalue weighted by Gasteiger charge is 2.24. The minimum Gasteiger partial charge on any atom is -0.450 e. The van der Waals surface area contributed by atoms with E-state index in [1.807, 2.05) is 60.7 Å². The molecule has 1 amide bonds. The molecule has 0 heterocycles. The molecule has 1 unspecified atom stereocenters. The molecule has 22 heavy (non-hydrogen) atoms. The fraction of sp³-hybridized carbons (Fsp3) is 0.176. The number of carbonyl (C=O) groups is 2. The maximum Gasteiger partial charge on any atom is 0.405 e. The van der Waals surface area contributed by atoms with E-state index in [0.29, 0.717) is 0 Å².